The number of carbonyl (C=O) groups excluding carboxylic acids is 1. The molecule has 1 aromatic heterocycles. The number of likely N-dealkylation sites (tertiary alicyclic amines) is 2. The molecule has 1 aliphatic carbocycles. The lowest BCUT2D eigenvalue weighted by atomic mass is 9.89. The molecule has 5 aliphatic rings. The highest BCUT2D eigenvalue weighted by Gasteiger charge is 2.33. The number of hydrogen-bond acceptors (Lipinski definition) is 9. The van der Waals surface area contributed by atoms with Crippen molar-refractivity contribution in [3.8, 4) is 11.5 Å². The fourth-order valence-electron chi connectivity index (χ4n) is 8.40. The Bertz CT molecular complexity index is 1430. The summed E-state index contributed by atoms with van der Waals surface area (Å²) < 4.78 is 7.98. The molecule has 1 unspecified atom stereocenters. The SMILES string of the molecule is CCN1CCC(CN(C(=O)CN2CCC(c3ccc4c(c3)Nc3nc(=O)n(C5CCC(N)CC5)cc3O4)CC2)C2CCNCC2)C1. The maximum absolute atomic E-state index is 13.8. The van der Waals surface area contributed by atoms with Crippen molar-refractivity contribution in [2.24, 2.45) is 11.7 Å². The molecule has 0 radical (unpaired) electrons. The predicted octanol–water partition coefficient (Wildman–Crippen LogP) is 3.64. The molecular formula is C35H52N8O3. The first-order chi connectivity index (χ1) is 22.4. The van der Waals surface area contributed by atoms with Gasteiger partial charge in [-0.2, -0.15) is 4.98 Å². The van der Waals surface area contributed by atoms with Gasteiger partial charge in [0.2, 0.25) is 5.91 Å². The highest BCUT2D eigenvalue weighted by Crippen LogP contribution is 2.43. The van der Waals surface area contributed by atoms with Crippen LogP contribution in [-0.4, -0.2) is 101 Å². The number of benzene rings is 1. The number of nitrogens with two attached hydrogens (primary N) is 1. The van der Waals surface area contributed by atoms with E-state index in [2.05, 4.69) is 49.4 Å². The van der Waals surface area contributed by atoms with Crippen LogP contribution in [0.2, 0.25) is 0 Å². The number of amides is 1. The lowest BCUT2D eigenvalue weighted by molar-refractivity contribution is -0.136. The van der Waals surface area contributed by atoms with Gasteiger partial charge in [0.25, 0.3) is 0 Å². The van der Waals surface area contributed by atoms with E-state index in [-0.39, 0.29) is 17.8 Å². The van der Waals surface area contributed by atoms with E-state index in [1.165, 1.54) is 12.0 Å². The normalized spacial score (nSPS) is 26.2. The molecule has 0 spiro atoms. The molecule has 7 rings (SSSR count). The van der Waals surface area contributed by atoms with Gasteiger partial charge in [0.1, 0.15) is 0 Å². The fourth-order valence-corrected chi connectivity index (χ4v) is 8.40. The number of rotatable bonds is 8. The van der Waals surface area contributed by atoms with Crippen molar-refractivity contribution in [2.75, 3.05) is 64.2 Å². The predicted molar refractivity (Wildman–Crippen MR) is 180 cm³/mol. The summed E-state index contributed by atoms with van der Waals surface area (Å²) in [6.45, 7) is 10.9. The van der Waals surface area contributed by atoms with Crippen LogP contribution in [0.25, 0.3) is 0 Å². The number of carbonyl (C=O) groups is 1. The van der Waals surface area contributed by atoms with Gasteiger partial charge in [-0.15, -0.1) is 0 Å². The van der Waals surface area contributed by atoms with Crippen molar-refractivity contribution in [1.29, 1.82) is 0 Å². The quantitative estimate of drug-likeness (QED) is 0.342. The topological polar surface area (TPSA) is 121 Å². The molecule has 11 nitrogen and oxygen atoms in total. The Hall–Kier alpha value is -2.99. The van der Waals surface area contributed by atoms with E-state index in [1.54, 1.807) is 4.57 Å². The summed E-state index contributed by atoms with van der Waals surface area (Å²) in [5.41, 5.74) is 7.94. The number of nitrogens with one attached hydrogen (secondary N) is 2. The molecule has 46 heavy (non-hydrogen) atoms. The highest BCUT2D eigenvalue weighted by atomic mass is 16.5. The van der Waals surface area contributed by atoms with Crippen LogP contribution in [0.5, 0.6) is 11.5 Å². The first-order valence-electron chi connectivity index (χ1n) is 17.9. The summed E-state index contributed by atoms with van der Waals surface area (Å²) in [6.07, 6.45) is 10.8. The van der Waals surface area contributed by atoms with E-state index in [1.807, 2.05) is 12.3 Å². The van der Waals surface area contributed by atoms with E-state index in [9.17, 15) is 9.59 Å². The van der Waals surface area contributed by atoms with Gasteiger partial charge in [-0.1, -0.05) is 13.0 Å². The zero-order valence-corrected chi connectivity index (χ0v) is 27.5. The Morgan fingerprint density at radius 3 is 2.50 bits per heavy atom. The molecule has 1 atom stereocenters. The average Bonchev–Trinajstić information content (AvgIpc) is 3.55. The molecule has 1 saturated carbocycles. The third-order valence-electron chi connectivity index (χ3n) is 11.3. The molecule has 4 aliphatic heterocycles. The first kappa shape index (κ1) is 31.6. The van der Waals surface area contributed by atoms with Crippen molar-refractivity contribution >= 4 is 17.4 Å². The van der Waals surface area contributed by atoms with Crippen molar-refractivity contribution in [3.63, 3.8) is 0 Å². The summed E-state index contributed by atoms with van der Waals surface area (Å²) in [7, 11) is 0. The van der Waals surface area contributed by atoms with Crippen molar-refractivity contribution in [3.05, 3.63) is 40.4 Å². The highest BCUT2D eigenvalue weighted by molar-refractivity contribution is 5.78. The standard InChI is InChI=1S/C35H52N8O3/c1-2-40-16-11-24(20-40)21-42(29-9-14-37-15-10-29)33(44)23-41-17-12-25(13-18-41)26-3-8-31-30(19-26)38-34-32(46-31)22-43(35(45)39-34)28-6-4-27(36)5-7-28/h3,8,19,22,24-25,27-29,37H,2,4-7,9-18,20-21,23,36H2,1H3,(H,38,39,45). The van der Waals surface area contributed by atoms with Crippen LogP contribution in [0, 0.1) is 5.92 Å². The Morgan fingerprint density at radius 1 is 1.00 bits per heavy atom. The van der Waals surface area contributed by atoms with Gasteiger partial charge >= 0.3 is 5.69 Å². The van der Waals surface area contributed by atoms with Crippen LogP contribution < -0.4 is 26.8 Å². The maximum atomic E-state index is 13.8. The molecule has 4 fully saturated rings. The Labute approximate surface area is 272 Å². The van der Waals surface area contributed by atoms with Gasteiger partial charge in [-0.25, -0.2) is 4.79 Å². The zero-order chi connectivity index (χ0) is 31.6. The number of ether oxygens (including phenoxy) is 1. The lowest BCUT2D eigenvalue weighted by Gasteiger charge is -2.39. The van der Waals surface area contributed by atoms with Crippen LogP contribution >= 0.6 is 0 Å². The second-order valence-corrected chi connectivity index (χ2v) is 14.3. The van der Waals surface area contributed by atoms with E-state index in [0.717, 1.165) is 115 Å². The third kappa shape index (κ3) is 6.98. The van der Waals surface area contributed by atoms with Crippen molar-refractivity contribution in [1.82, 2.24) is 29.6 Å². The minimum Gasteiger partial charge on any atom is -0.450 e. The Balaban J connectivity index is 0.956. The zero-order valence-electron chi connectivity index (χ0n) is 27.5. The van der Waals surface area contributed by atoms with E-state index >= 15 is 0 Å². The summed E-state index contributed by atoms with van der Waals surface area (Å²) in [4.78, 5) is 38.3. The van der Waals surface area contributed by atoms with Gasteiger partial charge < -0.3 is 30.9 Å². The van der Waals surface area contributed by atoms with Crippen LogP contribution in [0.4, 0.5) is 11.5 Å². The summed E-state index contributed by atoms with van der Waals surface area (Å²) in [5.74, 6) is 3.13. The van der Waals surface area contributed by atoms with Crippen LogP contribution in [0.1, 0.15) is 82.2 Å². The summed E-state index contributed by atoms with van der Waals surface area (Å²) in [6, 6.07) is 7.05. The molecule has 2 aromatic rings. The number of piperidine rings is 2. The van der Waals surface area contributed by atoms with Gasteiger partial charge in [-0.3, -0.25) is 14.3 Å². The number of fused-ring (bicyclic) bond motifs is 2. The van der Waals surface area contributed by atoms with E-state index in [0.29, 0.717) is 41.9 Å². The number of hydrogen-bond donors (Lipinski definition) is 3. The first-order valence-corrected chi connectivity index (χ1v) is 17.9. The minimum absolute atomic E-state index is 0.116. The number of aromatic nitrogens is 2. The molecule has 4 N–H and O–H groups in total. The van der Waals surface area contributed by atoms with E-state index < -0.39 is 0 Å². The monoisotopic (exact) mass is 632 g/mol. The maximum Gasteiger partial charge on any atom is 0.350 e. The van der Waals surface area contributed by atoms with Gasteiger partial charge in [0, 0.05) is 31.2 Å². The molecule has 1 aromatic carbocycles. The van der Waals surface area contributed by atoms with E-state index in [4.69, 9.17) is 10.5 Å². The van der Waals surface area contributed by atoms with Crippen LogP contribution in [0.15, 0.2) is 29.2 Å². The second-order valence-electron chi connectivity index (χ2n) is 14.3. The number of nitrogens with zero attached hydrogens (tertiary/aromatic N) is 5. The average molecular weight is 633 g/mol. The molecule has 250 valence electrons. The Kier molecular flexibility index (Phi) is 9.63. The largest absolute Gasteiger partial charge is 0.450 e. The van der Waals surface area contributed by atoms with Crippen molar-refractivity contribution < 1.29 is 9.53 Å². The third-order valence-corrected chi connectivity index (χ3v) is 11.3. The Morgan fingerprint density at radius 2 is 1.76 bits per heavy atom. The number of anilines is 2. The van der Waals surface area contributed by atoms with Crippen molar-refractivity contribution in [2.45, 2.75) is 88.8 Å². The van der Waals surface area contributed by atoms with Gasteiger partial charge in [0.05, 0.1) is 18.4 Å². The second kappa shape index (κ2) is 14.0. The fraction of sp³-hybridized carbons (Fsp3) is 0.686. The smallest absolute Gasteiger partial charge is 0.350 e. The molecule has 5 heterocycles. The molecule has 1 amide bonds. The summed E-state index contributed by atoms with van der Waals surface area (Å²) in [5, 5.41) is 6.85. The van der Waals surface area contributed by atoms with Crippen LogP contribution in [-0.2, 0) is 4.79 Å². The van der Waals surface area contributed by atoms with Crippen LogP contribution in [0.3, 0.4) is 0 Å². The van der Waals surface area contributed by atoms with Gasteiger partial charge in [0.15, 0.2) is 17.3 Å². The molecule has 3 saturated heterocycles. The minimum atomic E-state index is -0.248. The lowest BCUT2D eigenvalue weighted by Crippen LogP contribution is -2.51. The summed E-state index contributed by atoms with van der Waals surface area (Å²) >= 11 is 0. The molecule has 11 heteroatoms. The molecule has 0 bridgehead atoms. The molecular weight excluding hydrogens is 580 g/mol. The van der Waals surface area contributed by atoms with Gasteiger partial charge in [-0.05, 0) is 127 Å².